The van der Waals surface area contributed by atoms with Crippen molar-refractivity contribution in [3.05, 3.63) is 34.9 Å². The summed E-state index contributed by atoms with van der Waals surface area (Å²) in [6.07, 6.45) is 0. The molecule has 1 aromatic rings. The van der Waals surface area contributed by atoms with Gasteiger partial charge in [0.1, 0.15) is 0 Å². The van der Waals surface area contributed by atoms with E-state index in [2.05, 4.69) is 43.0 Å². The molecule has 0 aliphatic heterocycles. The minimum absolute atomic E-state index is 0.0364. The molecule has 1 atom stereocenters. The first kappa shape index (κ1) is 11.7. The Bertz CT molecular complexity index is 377. The van der Waals surface area contributed by atoms with E-state index < -0.39 is 0 Å². The number of nitriles is 1. The average molecular weight is 202 g/mol. The Morgan fingerprint density at radius 2 is 2.07 bits per heavy atom. The molecule has 0 radical (unpaired) electrons. The van der Waals surface area contributed by atoms with Gasteiger partial charge in [-0.2, -0.15) is 5.26 Å². The van der Waals surface area contributed by atoms with Crippen molar-refractivity contribution < 1.29 is 0 Å². The minimum Gasteiger partial charge on any atom is -0.287 e. The fourth-order valence-corrected chi connectivity index (χ4v) is 1.53. The second-order valence-corrected chi connectivity index (χ2v) is 4.15. The summed E-state index contributed by atoms with van der Waals surface area (Å²) >= 11 is 0. The van der Waals surface area contributed by atoms with Crippen LogP contribution >= 0.6 is 0 Å². The molecule has 0 bridgehead atoms. The predicted molar refractivity (Wildman–Crippen MR) is 62.5 cm³/mol. The van der Waals surface area contributed by atoms with Gasteiger partial charge in [0.15, 0.2) is 0 Å². The quantitative estimate of drug-likeness (QED) is 0.753. The van der Waals surface area contributed by atoms with Crippen molar-refractivity contribution in [2.75, 3.05) is 7.05 Å². The molecule has 15 heavy (non-hydrogen) atoms. The summed E-state index contributed by atoms with van der Waals surface area (Å²) in [6, 6.07) is 8.65. The Morgan fingerprint density at radius 3 is 2.60 bits per heavy atom. The van der Waals surface area contributed by atoms with Crippen molar-refractivity contribution in [2.24, 2.45) is 0 Å². The van der Waals surface area contributed by atoms with E-state index in [1.54, 1.807) is 0 Å². The van der Waals surface area contributed by atoms with Gasteiger partial charge >= 0.3 is 0 Å². The fraction of sp³-hybridized carbons (Fsp3) is 0.462. The lowest BCUT2D eigenvalue weighted by Crippen LogP contribution is -2.27. The van der Waals surface area contributed by atoms with Crippen molar-refractivity contribution in [2.45, 2.75) is 33.4 Å². The highest BCUT2D eigenvalue weighted by atomic mass is 15.1. The summed E-state index contributed by atoms with van der Waals surface area (Å²) in [4.78, 5) is 2.05. The highest BCUT2D eigenvalue weighted by Crippen LogP contribution is 2.13. The van der Waals surface area contributed by atoms with Crippen LogP contribution in [-0.2, 0) is 6.54 Å². The number of benzene rings is 1. The molecule has 0 fully saturated rings. The van der Waals surface area contributed by atoms with E-state index in [1.165, 1.54) is 16.7 Å². The van der Waals surface area contributed by atoms with Crippen molar-refractivity contribution in [3.63, 3.8) is 0 Å². The number of nitrogens with zero attached hydrogens (tertiary/aromatic N) is 2. The van der Waals surface area contributed by atoms with Gasteiger partial charge in [-0.15, -0.1) is 0 Å². The van der Waals surface area contributed by atoms with Crippen LogP contribution in [0.4, 0.5) is 0 Å². The van der Waals surface area contributed by atoms with Gasteiger partial charge in [-0.3, -0.25) is 4.90 Å². The zero-order valence-electron chi connectivity index (χ0n) is 9.91. The summed E-state index contributed by atoms with van der Waals surface area (Å²) in [5.41, 5.74) is 3.88. The molecular weight excluding hydrogens is 184 g/mol. The van der Waals surface area contributed by atoms with E-state index in [1.807, 2.05) is 14.0 Å². The molecule has 0 spiro atoms. The number of rotatable bonds is 3. The maximum Gasteiger partial charge on any atom is 0.0949 e. The lowest BCUT2D eigenvalue weighted by atomic mass is 10.1. The van der Waals surface area contributed by atoms with E-state index in [-0.39, 0.29) is 6.04 Å². The monoisotopic (exact) mass is 202 g/mol. The second kappa shape index (κ2) is 4.95. The molecule has 0 aliphatic rings. The molecule has 0 aromatic heterocycles. The van der Waals surface area contributed by atoms with Crippen LogP contribution in [0.1, 0.15) is 23.6 Å². The standard InChI is InChI=1S/C13H18N2/c1-10-5-6-13(11(2)7-10)9-15(4)12(3)8-14/h5-7,12H,9H2,1-4H3. The van der Waals surface area contributed by atoms with Gasteiger partial charge in [0, 0.05) is 6.54 Å². The van der Waals surface area contributed by atoms with Crippen LogP contribution in [0, 0.1) is 25.2 Å². The Hall–Kier alpha value is -1.33. The molecule has 80 valence electrons. The topological polar surface area (TPSA) is 27.0 Å². The van der Waals surface area contributed by atoms with Gasteiger partial charge in [-0.05, 0) is 38.9 Å². The van der Waals surface area contributed by atoms with Crippen LogP contribution < -0.4 is 0 Å². The summed E-state index contributed by atoms with van der Waals surface area (Å²) in [5, 5.41) is 8.80. The third-order valence-corrected chi connectivity index (χ3v) is 2.77. The SMILES string of the molecule is Cc1ccc(CN(C)C(C)C#N)c(C)c1. The Labute approximate surface area is 92.1 Å². The zero-order valence-corrected chi connectivity index (χ0v) is 9.91. The van der Waals surface area contributed by atoms with E-state index in [0.29, 0.717) is 0 Å². The maximum atomic E-state index is 8.80. The summed E-state index contributed by atoms with van der Waals surface area (Å²) in [5.74, 6) is 0. The van der Waals surface area contributed by atoms with Crippen molar-refractivity contribution in [1.29, 1.82) is 5.26 Å². The second-order valence-electron chi connectivity index (χ2n) is 4.15. The highest BCUT2D eigenvalue weighted by molar-refractivity contribution is 5.30. The first-order valence-corrected chi connectivity index (χ1v) is 5.20. The van der Waals surface area contributed by atoms with Crippen molar-refractivity contribution in [1.82, 2.24) is 4.90 Å². The molecule has 2 nitrogen and oxygen atoms in total. The molecule has 2 heteroatoms. The summed E-state index contributed by atoms with van der Waals surface area (Å²) in [6.45, 7) is 6.97. The fourth-order valence-electron chi connectivity index (χ4n) is 1.53. The Kier molecular flexibility index (Phi) is 3.88. The van der Waals surface area contributed by atoms with E-state index in [4.69, 9.17) is 5.26 Å². The predicted octanol–water partition coefficient (Wildman–Crippen LogP) is 2.65. The molecule has 1 unspecified atom stereocenters. The van der Waals surface area contributed by atoms with Crippen LogP contribution in [0.15, 0.2) is 18.2 Å². The normalized spacial score (nSPS) is 12.5. The summed E-state index contributed by atoms with van der Waals surface area (Å²) in [7, 11) is 1.98. The van der Waals surface area contributed by atoms with Crippen LogP contribution in [0.5, 0.6) is 0 Å². The average Bonchev–Trinajstić information content (AvgIpc) is 2.20. The van der Waals surface area contributed by atoms with E-state index >= 15 is 0 Å². The zero-order chi connectivity index (χ0) is 11.4. The number of hydrogen-bond donors (Lipinski definition) is 0. The molecule has 0 saturated carbocycles. The van der Waals surface area contributed by atoms with Crippen molar-refractivity contribution >= 4 is 0 Å². The largest absolute Gasteiger partial charge is 0.287 e. The third-order valence-electron chi connectivity index (χ3n) is 2.77. The molecule has 0 saturated heterocycles. The molecular formula is C13H18N2. The third kappa shape index (κ3) is 3.07. The lowest BCUT2D eigenvalue weighted by molar-refractivity contribution is 0.294. The molecule has 0 amide bonds. The van der Waals surface area contributed by atoms with Crippen LogP contribution in [0.25, 0.3) is 0 Å². The molecule has 0 aliphatic carbocycles. The molecule has 1 rings (SSSR count). The molecule has 1 aromatic carbocycles. The number of aryl methyl sites for hydroxylation is 2. The van der Waals surface area contributed by atoms with Crippen molar-refractivity contribution in [3.8, 4) is 6.07 Å². The van der Waals surface area contributed by atoms with E-state index in [0.717, 1.165) is 6.54 Å². The van der Waals surface area contributed by atoms with Crippen LogP contribution in [-0.4, -0.2) is 18.0 Å². The maximum absolute atomic E-state index is 8.80. The number of hydrogen-bond acceptors (Lipinski definition) is 2. The van der Waals surface area contributed by atoms with Crippen LogP contribution in [0.3, 0.4) is 0 Å². The Morgan fingerprint density at radius 1 is 1.40 bits per heavy atom. The van der Waals surface area contributed by atoms with E-state index in [9.17, 15) is 0 Å². The first-order valence-electron chi connectivity index (χ1n) is 5.20. The van der Waals surface area contributed by atoms with Gasteiger partial charge in [-0.25, -0.2) is 0 Å². The van der Waals surface area contributed by atoms with Gasteiger partial charge in [-0.1, -0.05) is 23.8 Å². The highest BCUT2D eigenvalue weighted by Gasteiger charge is 2.09. The molecule has 0 N–H and O–H groups in total. The first-order chi connectivity index (χ1) is 7.04. The van der Waals surface area contributed by atoms with Gasteiger partial charge < -0.3 is 0 Å². The lowest BCUT2D eigenvalue weighted by Gasteiger charge is -2.20. The Balaban J connectivity index is 2.78. The smallest absolute Gasteiger partial charge is 0.0949 e. The van der Waals surface area contributed by atoms with Crippen LogP contribution in [0.2, 0.25) is 0 Å². The minimum atomic E-state index is -0.0364. The van der Waals surface area contributed by atoms with Gasteiger partial charge in [0.25, 0.3) is 0 Å². The summed E-state index contributed by atoms with van der Waals surface area (Å²) < 4.78 is 0. The van der Waals surface area contributed by atoms with Gasteiger partial charge in [0.2, 0.25) is 0 Å². The van der Waals surface area contributed by atoms with Gasteiger partial charge in [0.05, 0.1) is 12.1 Å². The molecule has 0 heterocycles.